The Morgan fingerprint density at radius 2 is 2.05 bits per heavy atom. The third-order valence-corrected chi connectivity index (χ3v) is 5.43. The third-order valence-electron chi connectivity index (χ3n) is 4.81. The van der Waals surface area contributed by atoms with Crippen LogP contribution in [0.2, 0.25) is 0 Å². The van der Waals surface area contributed by atoms with Gasteiger partial charge in [0.05, 0.1) is 4.47 Å². The SMILES string of the molecule is O=C(COc1ccc(F)cc1Br)N1CCCC2CCCCC21. The van der Waals surface area contributed by atoms with Gasteiger partial charge in [-0.25, -0.2) is 4.39 Å². The number of rotatable bonds is 3. The molecule has 22 heavy (non-hydrogen) atoms. The average Bonchev–Trinajstić information content (AvgIpc) is 2.53. The Balaban J connectivity index is 1.61. The van der Waals surface area contributed by atoms with E-state index in [1.165, 1.54) is 37.8 Å². The van der Waals surface area contributed by atoms with Crippen LogP contribution in [-0.2, 0) is 4.79 Å². The first-order valence-electron chi connectivity index (χ1n) is 8.02. The number of benzene rings is 1. The van der Waals surface area contributed by atoms with E-state index in [9.17, 15) is 9.18 Å². The number of halogens is 2. The van der Waals surface area contributed by atoms with Crippen LogP contribution in [0.5, 0.6) is 5.75 Å². The Morgan fingerprint density at radius 1 is 1.27 bits per heavy atom. The van der Waals surface area contributed by atoms with E-state index in [4.69, 9.17) is 4.74 Å². The van der Waals surface area contributed by atoms with Gasteiger partial charge in [0, 0.05) is 12.6 Å². The van der Waals surface area contributed by atoms with Crippen LogP contribution in [0.1, 0.15) is 38.5 Å². The van der Waals surface area contributed by atoms with E-state index in [-0.39, 0.29) is 18.3 Å². The van der Waals surface area contributed by atoms with Crippen molar-refractivity contribution in [2.75, 3.05) is 13.2 Å². The normalized spacial score (nSPS) is 24.7. The molecule has 2 atom stereocenters. The smallest absolute Gasteiger partial charge is 0.260 e. The summed E-state index contributed by atoms with van der Waals surface area (Å²) in [5, 5.41) is 0. The molecular weight excluding hydrogens is 349 g/mol. The predicted octanol–water partition coefficient (Wildman–Crippen LogP) is 4.15. The second kappa shape index (κ2) is 6.99. The van der Waals surface area contributed by atoms with Crippen molar-refractivity contribution in [2.45, 2.75) is 44.6 Å². The molecule has 1 aliphatic heterocycles. The number of nitrogens with zero attached hydrogens (tertiary/aromatic N) is 1. The van der Waals surface area contributed by atoms with E-state index in [0.717, 1.165) is 19.4 Å². The molecule has 1 saturated heterocycles. The molecule has 5 heteroatoms. The van der Waals surface area contributed by atoms with Gasteiger partial charge in [-0.05, 0) is 65.7 Å². The third kappa shape index (κ3) is 3.45. The molecule has 3 nitrogen and oxygen atoms in total. The second-order valence-electron chi connectivity index (χ2n) is 6.20. The van der Waals surface area contributed by atoms with Crippen molar-refractivity contribution in [3.8, 4) is 5.75 Å². The molecule has 1 heterocycles. The highest BCUT2D eigenvalue weighted by molar-refractivity contribution is 9.10. The summed E-state index contributed by atoms with van der Waals surface area (Å²) in [5.74, 6) is 0.899. The van der Waals surface area contributed by atoms with Crippen molar-refractivity contribution < 1.29 is 13.9 Å². The topological polar surface area (TPSA) is 29.5 Å². The number of ether oxygens (including phenoxy) is 1. The Hall–Kier alpha value is -1.10. The van der Waals surface area contributed by atoms with E-state index in [0.29, 0.717) is 22.2 Å². The zero-order valence-corrected chi connectivity index (χ0v) is 14.1. The summed E-state index contributed by atoms with van der Waals surface area (Å²) in [4.78, 5) is 14.5. The number of amides is 1. The van der Waals surface area contributed by atoms with Crippen LogP contribution in [0, 0.1) is 11.7 Å². The second-order valence-corrected chi connectivity index (χ2v) is 7.06. The molecule has 0 spiro atoms. The molecule has 3 rings (SSSR count). The summed E-state index contributed by atoms with van der Waals surface area (Å²) >= 11 is 3.26. The minimum Gasteiger partial charge on any atom is -0.483 e. The molecule has 0 aromatic heterocycles. The monoisotopic (exact) mass is 369 g/mol. The molecule has 0 N–H and O–H groups in total. The molecular formula is C17H21BrFNO2. The fraction of sp³-hybridized carbons (Fsp3) is 0.588. The van der Waals surface area contributed by atoms with E-state index in [1.54, 1.807) is 6.07 Å². The number of hydrogen-bond donors (Lipinski definition) is 0. The lowest BCUT2D eigenvalue weighted by Gasteiger charge is -2.44. The minimum absolute atomic E-state index is 0.0213. The first-order chi connectivity index (χ1) is 10.6. The highest BCUT2D eigenvalue weighted by Gasteiger charge is 2.35. The van der Waals surface area contributed by atoms with E-state index in [2.05, 4.69) is 15.9 Å². The van der Waals surface area contributed by atoms with Gasteiger partial charge in [0.1, 0.15) is 11.6 Å². The molecule has 120 valence electrons. The molecule has 1 amide bonds. The fourth-order valence-corrected chi connectivity index (χ4v) is 4.21. The Labute approximate surface area is 139 Å². The van der Waals surface area contributed by atoms with Crippen LogP contribution in [0.4, 0.5) is 4.39 Å². The van der Waals surface area contributed by atoms with Crippen molar-refractivity contribution >= 4 is 21.8 Å². The maximum atomic E-state index is 13.1. The number of carbonyl (C=O) groups excluding carboxylic acids is 1. The summed E-state index contributed by atoms with van der Waals surface area (Å²) in [6, 6.07) is 4.63. The zero-order chi connectivity index (χ0) is 15.5. The van der Waals surface area contributed by atoms with Crippen molar-refractivity contribution in [1.29, 1.82) is 0 Å². The maximum Gasteiger partial charge on any atom is 0.260 e. The van der Waals surface area contributed by atoms with Gasteiger partial charge in [-0.15, -0.1) is 0 Å². The molecule has 0 bridgehead atoms. The minimum atomic E-state index is -0.327. The largest absolute Gasteiger partial charge is 0.483 e. The lowest BCUT2D eigenvalue weighted by atomic mass is 9.78. The van der Waals surface area contributed by atoms with Gasteiger partial charge >= 0.3 is 0 Å². The first-order valence-corrected chi connectivity index (χ1v) is 8.82. The molecule has 2 fully saturated rings. The summed E-state index contributed by atoms with van der Waals surface area (Å²) in [7, 11) is 0. The van der Waals surface area contributed by atoms with Crippen LogP contribution in [0.3, 0.4) is 0 Å². The van der Waals surface area contributed by atoms with E-state index >= 15 is 0 Å². The average molecular weight is 370 g/mol. The van der Waals surface area contributed by atoms with Gasteiger partial charge in [0.15, 0.2) is 6.61 Å². The summed E-state index contributed by atoms with van der Waals surface area (Å²) in [5.41, 5.74) is 0. The number of carbonyl (C=O) groups is 1. The highest BCUT2D eigenvalue weighted by atomic mass is 79.9. The molecule has 1 saturated carbocycles. The summed E-state index contributed by atoms with van der Waals surface area (Å²) in [6.07, 6.45) is 7.22. The standard InChI is InChI=1S/C17H21BrFNO2/c18-14-10-13(19)7-8-16(14)22-11-17(21)20-9-3-5-12-4-1-2-6-15(12)20/h7-8,10,12,15H,1-6,9,11H2. The highest BCUT2D eigenvalue weighted by Crippen LogP contribution is 2.35. The van der Waals surface area contributed by atoms with Crippen molar-refractivity contribution in [3.05, 3.63) is 28.5 Å². The van der Waals surface area contributed by atoms with Gasteiger partial charge in [-0.1, -0.05) is 12.8 Å². The van der Waals surface area contributed by atoms with Gasteiger partial charge in [0.2, 0.25) is 0 Å². The van der Waals surface area contributed by atoms with Crippen LogP contribution in [0.15, 0.2) is 22.7 Å². The van der Waals surface area contributed by atoms with E-state index < -0.39 is 0 Å². The Morgan fingerprint density at radius 3 is 2.86 bits per heavy atom. The number of hydrogen-bond acceptors (Lipinski definition) is 2. The molecule has 1 aromatic carbocycles. The van der Waals surface area contributed by atoms with Crippen LogP contribution < -0.4 is 4.74 Å². The molecule has 2 aliphatic rings. The van der Waals surface area contributed by atoms with Gasteiger partial charge < -0.3 is 9.64 Å². The van der Waals surface area contributed by atoms with Crippen LogP contribution in [-0.4, -0.2) is 30.0 Å². The lowest BCUT2D eigenvalue weighted by molar-refractivity contribution is -0.139. The fourth-order valence-electron chi connectivity index (χ4n) is 3.75. The Kier molecular flexibility index (Phi) is 5.01. The van der Waals surface area contributed by atoms with Gasteiger partial charge in [-0.2, -0.15) is 0 Å². The summed E-state index contributed by atoms with van der Waals surface area (Å²) < 4.78 is 19.2. The van der Waals surface area contributed by atoms with Crippen molar-refractivity contribution in [1.82, 2.24) is 4.90 Å². The van der Waals surface area contributed by atoms with Crippen molar-refractivity contribution in [2.24, 2.45) is 5.92 Å². The number of piperidine rings is 1. The maximum absolute atomic E-state index is 13.1. The Bertz CT molecular complexity index is 549. The molecule has 1 aromatic rings. The summed E-state index contributed by atoms with van der Waals surface area (Å²) in [6.45, 7) is 0.862. The van der Waals surface area contributed by atoms with E-state index in [1.807, 2.05) is 4.90 Å². The lowest BCUT2D eigenvalue weighted by Crippen LogP contribution is -2.51. The predicted molar refractivity (Wildman–Crippen MR) is 86.3 cm³/mol. The zero-order valence-electron chi connectivity index (χ0n) is 12.6. The molecule has 2 unspecified atom stereocenters. The van der Waals surface area contributed by atoms with Gasteiger partial charge in [-0.3, -0.25) is 4.79 Å². The number of likely N-dealkylation sites (tertiary alicyclic amines) is 1. The molecule has 0 radical (unpaired) electrons. The van der Waals surface area contributed by atoms with Crippen LogP contribution >= 0.6 is 15.9 Å². The van der Waals surface area contributed by atoms with Crippen LogP contribution in [0.25, 0.3) is 0 Å². The quantitative estimate of drug-likeness (QED) is 0.800. The number of fused-ring (bicyclic) bond motifs is 1. The first kappa shape index (κ1) is 15.8. The van der Waals surface area contributed by atoms with Gasteiger partial charge in [0.25, 0.3) is 5.91 Å². The van der Waals surface area contributed by atoms with Crippen molar-refractivity contribution in [3.63, 3.8) is 0 Å². The molecule has 1 aliphatic carbocycles.